The highest BCUT2D eigenvalue weighted by molar-refractivity contribution is 5.98. The number of carboxylic acids is 1. The van der Waals surface area contributed by atoms with E-state index in [4.69, 9.17) is 9.47 Å². The number of aryl methyl sites for hydroxylation is 1. The maximum Gasteiger partial charge on any atom is 0.326 e. The van der Waals surface area contributed by atoms with Crippen molar-refractivity contribution in [2.75, 3.05) is 20.3 Å². The number of carbonyl (C=O) groups excluding carboxylic acids is 1. The number of carbonyl (C=O) groups is 2. The molecule has 1 aliphatic heterocycles. The standard InChI is InChI=1S/C15H20N2O5/c1-9-5-6-11(14(16-9)21-2)13(18)17-12(15(19)20)10-4-3-7-22-8-10/h5-6,10,12H,3-4,7-8H2,1-2H3,(H,17,18)(H,19,20). The van der Waals surface area contributed by atoms with Gasteiger partial charge < -0.3 is 19.9 Å². The zero-order chi connectivity index (χ0) is 16.1. The molecule has 0 saturated carbocycles. The molecular weight excluding hydrogens is 288 g/mol. The lowest BCUT2D eigenvalue weighted by atomic mass is 9.93. The van der Waals surface area contributed by atoms with Crippen LogP contribution in [-0.2, 0) is 9.53 Å². The smallest absolute Gasteiger partial charge is 0.326 e. The Morgan fingerprint density at radius 1 is 1.50 bits per heavy atom. The van der Waals surface area contributed by atoms with Crippen molar-refractivity contribution in [3.63, 3.8) is 0 Å². The van der Waals surface area contributed by atoms with Crippen LogP contribution >= 0.6 is 0 Å². The van der Waals surface area contributed by atoms with E-state index in [0.717, 1.165) is 6.42 Å². The van der Waals surface area contributed by atoms with Crippen molar-refractivity contribution in [1.29, 1.82) is 0 Å². The van der Waals surface area contributed by atoms with Gasteiger partial charge in [-0.05, 0) is 31.9 Å². The summed E-state index contributed by atoms with van der Waals surface area (Å²) >= 11 is 0. The van der Waals surface area contributed by atoms with Crippen LogP contribution in [0.15, 0.2) is 12.1 Å². The Bertz CT molecular complexity index is 555. The summed E-state index contributed by atoms with van der Waals surface area (Å²) in [5.74, 6) is -1.63. The van der Waals surface area contributed by atoms with Crippen LogP contribution in [0.1, 0.15) is 28.9 Å². The Morgan fingerprint density at radius 2 is 2.27 bits per heavy atom. The zero-order valence-electron chi connectivity index (χ0n) is 12.7. The van der Waals surface area contributed by atoms with Crippen LogP contribution in [0.3, 0.4) is 0 Å². The summed E-state index contributed by atoms with van der Waals surface area (Å²) in [7, 11) is 1.42. The van der Waals surface area contributed by atoms with Gasteiger partial charge in [0.05, 0.1) is 13.7 Å². The van der Waals surface area contributed by atoms with Gasteiger partial charge >= 0.3 is 5.97 Å². The molecule has 1 amide bonds. The molecule has 2 atom stereocenters. The van der Waals surface area contributed by atoms with E-state index in [1.165, 1.54) is 7.11 Å². The van der Waals surface area contributed by atoms with Gasteiger partial charge in [-0.25, -0.2) is 9.78 Å². The number of hydrogen-bond donors (Lipinski definition) is 2. The van der Waals surface area contributed by atoms with Gasteiger partial charge in [0.1, 0.15) is 11.6 Å². The topological polar surface area (TPSA) is 97.8 Å². The second-order valence-electron chi connectivity index (χ2n) is 5.28. The number of ether oxygens (including phenoxy) is 2. The second kappa shape index (κ2) is 7.22. The number of amides is 1. The molecule has 2 heterocycles. The first kappa shape index (κ1) is 16.2. The molecule has 0 aliphatic carbocycles. The molecule has 0 spiro atoms. The molecule has 7 nitrogen and oxygen atoms in total. The van der Waals surface area contributed by atoms with E-state index in [0.29, 0.717) is 25.3 Å². The highest BCUT2D eigenvalue weighted by atomic mass is 16.5. The molecule has 1 aromatic rings. The predicted molar refractivity (Wildman–Crippen MR) is 78.0 cm³/mol. The molecule has 1 fully saturated rings. The fourth-order valence-corrected chi connectivity index (χ4v) is 2.49. The SMILES string of the molecule is COc1nc(C)ccc1C(=O)NC(C(=O)O)C1CCCOC1. The maximum atomic E-state index is 12.4. The molecule has 0 radical (unpaired) electrons. The summed E-state index contributed by atoms with van der Waals surface area (Å²) in [6.07, 6.45) is 1.50. The maximum absolute atomic E-state index is 12.4. The minimum atomic E-state index is -1.07. The van der Waals surface area contributed by atoms with Gasteiger partial charge in [-0.2, -0.15) is 0 Å². The first-order valence-corrected chi connectivity index (χ1v) is 7.16. The van der Waals surface area contributed by atoms with Crippen LogP contribution in [0.4, 0.5) is 0 Å². The Labute approximate surface area is 128 Å². The minimum absolute atomic E-state index is 0.182. The molecule has 7 heteroatoms. The molecule has 1 aromatic heterocycles. The summed E-state index contributed by atoms with van der Waals surface area (Å²) in [5, 5.41) is 11.9. The Kier molecular flexibility index (Phi) is 5.32. The number of carboxylic acid groups (broad SMARTS) is 1. The van der Waals surface area contributed by atoms with Crippen LogP contribution in [0.25, 0.3) is 0 Å². The summed E-state index contributed by atoms with van der Waals surface area (Å²) in [4.78, 5) is 27.9. The summed E-state index contributed by atoms with van der Waals surface area (Å²) < 4.78 is 10.4. The molecule has 1 aliphatic rings. The number of methoxy groups -OCH3 is 1. The van der Waals surface area contributed by atoms with E-state index >= 15 is 0 Å². The third-order valence-corrected chi connectivity index (χ3v) is 3.66. The van der Waals surface area contributed by atoms with Crippen LogP contribution < -0.4 is 10.1 Å². The van der Waals surface area contributed by atoms with Gasteiger partial charge in [0, 0.05) is 18.2 Å². The summed E-state index contributed by atoms with van der Waals surface area (Å²) in [5.41, 5.74) is 0.931. The summed E-state index contributed by atoms with van der Waals surface area (Å²) in [6, 6.07) is 2.27. The lowest BCUT2D eigenvalue weighted by Crippen LogP contribution is -2.48. The second-order valence-corrected chi connectivity index (χ2v) is 5.28. The molecule has 2 N–H and O–H groups in total. The van der Waals surface area contributed by atoms with E-state index in [9.17, 15) is 14.7 Å². The average Bonchev–Trinajstić information content (AvgIpc) is 2.52. The number of aliphatic carboxylic acids is 1. The lowest BCUT2D eigenvalue weighted by molar-refractivity contribution is -0.142. The van der Waals surface area contributed by atoms with Crippen molar-refractivity contribution in [2.45, 2.75) is 25.8 Å². The first-order chi connectivity index (χ1) is 10.5. The molecule has 0 aromatic carbocycles. The molecule has 2 rings (SSSR count). The van der Waals surface area contributed by atoms with Crippen LogP contribution in [-0.4, -0.2) is 48.3 Å². The van der Waals surface area contributed by atoms with Crippen molar-refractivity contribution >= 4 is 11.9 Å². The van der Waals surface area contributed by atoms with E-state index < -0.39 is 17.9 Å². The summed E-state index contributed by atoms with van der Waals surface area (Å²) in [6.45, 7) is 2.75. The number of nitrogens with one attached hydrogen (secondary N) is 1. The molecule has 1 saturated heterocycles. The molecule has 2 unspecified atom stereocenters. The van der Waals surface area contributed by atoms with Crippen LogP contribution in [0.2, 0.25) is 0 Å². The lowest BCUT2D eigenvalue weighted by Gasteiger charge is -2.28. The first-order valence-electron chi connectivity index (χ1n) is 7.16. The average molecular weight is 308 g/mol. The quantitative estimate of drug-likeness (QED) is 0.842. The number of hydrogen-bond acceptors (Lipinski definition) is 5. The predicted octanol–water partition coefficient (Wildman–Crippen LogP) is 1.01. The molecule has 0 bridgehead atoms. The number of aromatic nitrogens is 1. The monoisotopic (exact) mass is 308 g/mol. The van der Waals surface area contributed by atoms with Gasteiger partial charge in [0.15, 0.2) is 0 Å². The largest absolute Gasteiger partial charge is 0.480 e. The van der Waals surface area contributed by atoms with E-state index in [1.54, 1.807) is 19.1 Å². The third-order valence-electron chi connectivity index (χ3n) is 3.66. The highest BCUT2D eigenvalue weighted by Gasteiger charge is 2.32. The minimum Gasteiger partial charge on any atom is -0.480 e. The molecular formula is C15H20N2O5. The van der Waals surface area contributed by atoms with Gasteiger partial charge in [0.2, 0.25) is 5.88 Å². The van der Waals surface area contributed by atoms with Gasteiger partial charge in [-0.3, -0.25) is 4.79 Å². The fraction of sp³-hybridized carbons (Fsp3) is 0.533. The Morgan fingerprint density at radius 3 is 2.86 bits per heavy atom. The molecule has 22 heavy (non-hydrogen) atoms. The van der Waals surface area contributed by atoms with Crippen LogP contribution in [0.5, 0.6) is 5.88 Å². The van der Waals surface area contributed by atoms with Gasteiger partial charge in [0.25, 0.3) is 5.91 Å². The van der Waals surface area contributed by atoms with E-state index in [-0.39, 0.29) is 17.4 Å². The Balaban J connectivity index is 2.15. The normalized spacial score (nSPS) is 19.3. The highest BCUT2D eigenvalue weighted by Crippen LogP contribution is 2.20. The van der Waals surface area contributed by atoms with Crippen molar-refractivity contribution in [3.05, 3.63) is 23.4 Å². The van der Waals surface area contributed by atoms with Crippen LogP contribution in [0, 0.1) is 12.8 Å². The van der Waals surface area contributed by atoms with Gasteiger partial charge in [-0.15, -0.1) is 0 Å². The number of pyridine rings is 1. The Hall–Kier alpha value is -2.15. The van der Waals surface area contributed by atoms with E-state index in [2.05, 4.69) is 10.3 Å². The van der Waals surface area contributed by atoms with Crippen molar-refractivity contribution in [2.24, 2.45) is 5.92 Å². The fourth-order valence-electron chi connectivity index (χ4n) is 2.49. The van der Waals surface area contributed by atoms with E-state index in [1.807, 2.05) is 0 Å². The van der Waals surface area contributed by atoms with Gasteiger partial charge in [-0.1, -0.05) is 0 Å². The van der Waals surface area contributed by atoms with Crippen molar-refractivity contribution in [3.8, 4) is 5.88 Å². The van der Waals surface area contributed by atoms with Crippen molar-refractivity contribution < 1.29 is 24.2 Å². The zero-order valence-corrected chi connectivity index (χ0v) is 12.7. The third kappa shape index (κ3) is 3.73. The number of rotatable bonds is 5. The molecule has 120 valence electrons. The van der Waals surface area contributed by atoms with Crippen molar-refractivity contribution in [1.82, 2.24) is 10.3 Å². The number of nitrogens with zero attached hydrogens (tertiary/aromatic N) is 1.